The highest BCUT2D eigenvalue weighted by Crippen LogP contribution is 2.24. The first-order chi connectivity index (χ1) is 17.8. The van der Waals surface area contributed by atoms with Crippen molar-refractivity contribution in [1.82, 2.24) is 9.38 Å². The number of esters is 1. The van der Waals surface area contributed by atoms with E-state index >= 15 is 0 Å². The van der Waals surface area contributed by atoms with E-state index in [4.69, 9.17) is 4.74 Å². The Kier molecular flexibility index (Phi) is 7.73. The minimum Gasteiger partial charge on any atom is -0.462 e. The monoisotopic (exact) mass is 522 g/mol. The van der Waals surface area contributed by atoms with Crippen LogP contribution in [0.25, 0.3) is 4.96 Å². The lowest BCUT2D eigenvalue weighted by Crippen LogP contribution is -2.25. The number of hydrogen-bond acceptors (Lipinski definition) is 7. The first-order valence-electron chi connectivity index (χ1n) is 11.5. The van der Waals surface area contributed by atoms with Crippen molar-refractivity contribution in [3.63, 3.8) is 0 Å². The molecule has 0 atom stereocenters. The zero-order chi connectivity index (χ0) is 26.5. The van der Waals surface area contributed by atoms with Gasteiger partial charge in [-0.25, -0.2) is 18.6 Å². The van der Waals surface area contributed by atoms with Crippen LogP contribution >= 0.6 is 11.3 Å². The normalized spacial score (nSPS) is 10.8. The molecule has 2 aromatic carbocycles. The zero-order valence-corrected chi connectivity index (χ0v) is 20.9. The fraction of sp³-hybridized carbons (Fsp3) is 0.192. The van der Waals surface area contributed by atoms with Gasteiger partial charge in [-0.3, -0.25) is 14.4 Å². The molecule has 11 heteroatoms. The van der Waals surface area contributed by atoms with E-state index in [1.807, 2.05) is 6.92 Å². The maximum absolute atomic E-state index is 13.4. The van der Waals surface area contributed by atoms with E-state index < -0.39 is 29.2 Å². The van der Waals surface area contributed by atoms with Crippen LogP contribution in [0.3, 0.4) is 0 Å². The van der Waals surface area contributed by atoms with Gasteiger partial charge in [0, 0.05) is 23.1 Å². The number of rotatable bonds is 8. The minimum atomic E-state index is -0.716. The first-order valence-corrected chi connectivity index (χ1v) is 12.3. The van der Waals surface area contributed by atoms with Gasteiger partial charge in [-0.2, -0.15) is 0 Å². The molecule has 0 aliphatic heterocycles. The Bertz CT molecular complexity index is 1530. The van der Waals surface area contributed by atoms with Crippen LogP contribution in [-0.2, 0) is 11.2 Å². The number of thiazole rings is 1. The third-order valence-electron chi connectivity index (χ3n) is 5.26. The molecule has 4 aromatic rings. The molecule has 0 unspecified atom stereocenters. The van der Waals surface area contributed by atoms with Crippen LogP contribution in [0.1, 0.15) is 56.5 Å². The number of fused-ring (bicyclic) bond motifs is 1. The van der Waals surface area contributed by atoms with E-state index in [-0.39, 0.29) is 22.1 Å². The molecule has 2 heterocycles. The van der Waals surface area contributed by atoms with Crippen molar-refractivity contribution in [2.75, 3.05) is 17.2 Å². The van der Waals surface area contributed by atoms with Gasteiger partial charge < -0.3 is 15.4 Å². The van der Waals surface area contributed by atoms with Crippen molar-refractivity contribution in [2.45, 2.75) is 26.7 Å². The Labute approximate surface area is 214 Å². The number of anilines is 2. The van der Waals surface area contributed by atoms with E-state index in [0.717, 1.165) is 22.2 Å². The van der Waals surface area contributed by atoms with Crippen molar-refractivity contribution >= 4 is 45.5 Å². The van der Waals surface area contributed by atoms with Crippen LogP contribution in [0.2, 0.25) is 0 Å². The van der Waals surface area contributed by atoms with Gasteiger partial charge in [-0.05, 0) is 61.9 Å². The Morgan fingerprint density at radius 3 is 2.22 bits per heavy atom. The van der Waals surface area contributed by atoms with E-state index in [2.05, 4.69) is 15.6 Å². The summed E-state index contributed by atoms with van der Waals surface area (Å²) in [5.74, 6) is -2.33. The second kappa shape index (κ2) is 11.1. The SMILES string of the molecule is CCCc1cc(=O)n2c(C(=O)Nc3ccc(C(=O)OCC)cc3)c(C(=O)Nc3ccc(F)cc3)sc2n1. The molecule has 2 N–H and O–H groups in total. The average molecular weight is 523 g/mol. The standard InChI is InChI=1S/C26H23FN4O5S/c1-3-5-19-14-20(32)31-21(23(33)28-17-10-6-15(7-11-17)25(35)36-4-2)22(37-26(31)30-19)24(34)29-18-12-8-16(27)9-13-18/h6-14H,3-5H2,1-2H3,(H,28,33)(H,29,34). The number of aromatic nitrogens is 2. The predicted octanol–water partition coefficient (Wildman–Crippen LogP) is 4.53. The quantitative estimate of drug-likeness (QED) is 0.328. The summed E-state index contributed by atoms with van der Waals surface area (Å²) >= 11 is 0.903. The van der Waals surface area contributed by atoms with Gasteiger partial charge in [0.15, 0.2) is 4.96 Å². The van der Waals surface area contributed by atoms with Crippen molar-refractivity contribution < 1.29 is 23.5 Å². The summed E-state index contributed by atoms with van der Waals surface area (Å²) in [6, 6.07) is 12.5. The lowest BCUT2D eigenvalue weighted by atomic mass is 10.2. The van der Waals surface area contributed by atoms with Gasteiger partial charge in [0.05, 0.1) is 12.2 Å². The van der Waals surface area contributed by atoms with E-state index in [1.54, 1.807) is 6.92 Å². The van der Waals surface area contributed by atoms with Gasteiger partial charge in [0.1, 0.15) is 16.4 Å². The molecule has 0 fully saturated rings. The van der Waals surface area contributed by atoms with Crippen molar-refractivity contribution in [1.29, 1.82) is 0 Å². The molecule has 37 heavy (non-hydrogen) atoms. The number of carbonyl (C=O) groups excluding carboxylic acids is 3. The topological polar surface area (TPSA) is 119 Å². The summed E-state index contributed by atoms with van der Waals surface area (Å²) in [6.07, 6.45) is 1.33. The Morgan fingerprint density at radius 1 is 0.973 bits per heavy atom. The number of nitrogens with one attached hydrogen (secondary N) is 2. The third kappa shape index (κ3) is 5.72. The van der Waals surface area contributed by atoms with Crippen molar-refractivity contribution in [3.05, 3.63) is 92.6 Å². The molecule has 9 nitrogen and oxygen atoms in total. The second-order valence-corrected chi connectivity index (χ2v) is 8.92. The van der Waals surface area contributed by atoms with Crippen LogP contribution < -0.4 is 16.2 Å². The van der Waals surface area contributed by atoms with Gasteiger partial charge in [0.2, 0.25) is 0 Å². The van der Waals surface area contributed by atoms with E-state index in [9.17, 15) is 23.6 Å². The Hall–Kier alpha value is -4.38. The molecule has 190 valence electrons. The van der Waals surface area contributed by atoms with Gasteiger partial charge in [0.25, 0.3) is 17.4 Å². The molecular formula is C26H23FN4O5S. The molecule has 4 rings (SSSR count). The third-order valence-corrected chi connectivity index (χ3v) is 6.30. The predicted molar refractivity (Wildman–Crippen MR) is 138 cm³/mol. The molecule has 0 aliphatic carbocycles. The molecule has 0 spiro atoms. The number of ether oxygens (including phenoxy) is 1. The average Bonchev–Trinajstić information content (AvgIpc) is 3.27. The lowest BCUT2D eigenvalue weighted by Gasteiger charge is -2.09. The highest BCUT2D eigenvalue weighted by molar-refractivity contribution is 7.19. The van der Waals surface area contributed by atoms with Crippen LogP contribution in [0.5, 0.6) is 0 Å². The highest BCUT2D eigenvalue weighted by Gasteiger charge is 2.26. The smallest absolute Gasteiger partial charge is 0.338 e. The van der Waals surface area contributed by atoms with Crippen LogP contribution in [0.4, 0.5) is 15.8 Å². The molecule has 2 amide bonds. The van der Waals surface area contributed by atoms with E-state index in [0.29, 0.717) is 29.1 Å². The largest absolute Gasteiger partial charge is 0.462 e. The molecule has 0 aliphatic rings. The second-order valence-electron chi connectivity index (χ2n) is 7.95. The lowest BCUT2D eigenvalue weighted by molar-refractivity contribution is 0.0526. The maximum atomic E-state index is 13.4. The molecule has 2 aromatic heterocycles. The summed E-state index contributed by atoms with van der Waals surface area (Å²) in [6.45, 7) is 3.88. The van der Waals surface area contributed by atoms with Gasteiger partial charge in [-0.15, -0.1) is 0 Å². The highest BCUT2D eigenvalue weighted by atomic mass is 32.1. The molecule has 0 saturated heterocycles. The van der Waals surface area contributed by atoms with Gasteiger partial charge in [-0.1, -0.05) is 24.7 Å². The number of amides is 2. The van der Waals surface area contributed by atoms with Crippen LogP contribution in [0.15, 0.2) is 59.4 Å². The first kappa shape index (κ1) is 25.7. The number of halogens is 1. The number of benzene rings is 2. The van der Waals surface area contributed by atoms with Crippen LogP contribution in [0, 0.1) is 5.82 Å². The minimum absolute atomic E-state index is 0.0387. The number of carbonyl (C=O) groups is 3. The van der Waals surface area contributed by atoms with Gasteiger partial charge >= 0.3 is 5.97 Å². The molecule has 0 radical (unpaired) electrons. The number of hydrogen-bond donors (Lipinski definition) is 2. The zero-order valence-electron chi connectivity index (χ0n) is 20.0. The molecular weight excluding hydrogens is 499 g/mol. The number of nitrogens with zero attached hydrogens (tertiary/aromatic N) is 2. The fourth-order valence-electron chi connectivity index (χ4n) is 3.58. The van der Waals surface area contributed by atoms with Crippen molar-refractivity contribution in [2.24, 2.45) is 0 Å². The Balaban J connectivity index is 1.72. The maximum Gasteiger partial charge on any atom is 0.338 e. The Morgan fingerprint density at radius 2 is 1.59 bits per heavy atom. The summed E-state index contributed by atoms with van der Waals surface area (Å²) < 4.78 is 19.3. The summed E-state index contributed by atoms with van der Waals surface area (Å²) in [5.41, 5.74) is 0.843. The summed E-state index contributed by atoms with van der Waals surface area (Å²) in [5, 5.41) is 5.29. The molecule has 0 saturated carbocycles. The van der Waals surface area contributed by atoms with Crippen molar-refractivity contribution in [3.8, 4) is 0 Å². The molecule has 0 bridgehead atoms. The fourth-order valence-corrected chi connectivity index (χ4v) is 4.62. The summed E-state index contributed by atoms with van der Waals surface area (Å²) in [7, 11) is 0. The van der Waals surface area contributed by atoms with E-state index in [1.165, 1.54) is 54.6 Å². The number of aryl methyl sites for hydroxylation is 1. The van der Waals surface area contributed by atoms with Crippen LogP contribution in [-0.4, -0.2) is 33.8 Å². The summed E-state index contributed by atoms with van der Waals surface area (Å²) in [4.78, 5) is 56.1.